The summed E-state index contributed by atoms with van der Waals surface area (Å²) in [6, 6.07) is 7.39. The molecular weight excluding hydrogens is 266 g/mol. The molecule has 2 N–H and O–H groups in total. The largest absolute Gasteiger partial charge is 0.497 e. The Morgan fingerprint density at radius 1 is 1.32 bits per heavy atom. The molecule has 2 aromatic rings. The molecule has 0 aliphatic carbocycles. The Kier molecular flexibility index (Phi) is 3.59. The van der Waals surface area contributed by atoms with Crippen LogP contribution >= 0.6 is 0 Å². The van der Waals surface area contributed by atoms with Gasteiger partial charge in [0.05, 0.1) is 7.11 Å². The van der Waals surface area contributed by atoms with Crippen LogP contribution in [0.3, 0.4) is 0 Å². The number of hydrogen-bond donors (Lipinski definition) is 1. The van der Waals surface area contributed by atoms with Crippen LogP contribution < -0.4 is 9.88 Å². The highest BCUT2D eigenvalue weighted by molar-refractivity contribution is 7.89. The Morgan fingerprint density at radius 3 is 2.47 bits per heavy atom. The van der Waals surface area contributed by atoms with Gasteiger partial charge in [0.25, 0.3) is 10.0 Å². The van der Waals surface area contributed by atoms with Crippen LogP contribution in [0.4, 0.5) is 0 Å². The Morgan fingerprint density at radius 2 is 1.95 bits per heavy atom. The van der Waals surface area contributed by atoms with Crippen LogP contribution in [0.1, 0.15) is 11.1 Å². The molecule has 19 heavy (non-hydrogen) atoms. The molecule has 0 aliphatic heterocycles. The summed E-state index contributed by atoms with van der Waals surface area (Å²) in [5.41, 5.74) is 1.54. The van der Waals surface area contributed by atoms with E-state index in [1.54, 1.807) is 20.4 Å². The smallest absolute Gasteiger partial charge is 0.257 e. The van der Waals surface area contributed by atoms with E-state index >= 15 is 0 Å². The van der Waals surface area contributed by atoms with Crippen LogP contribution in [-0.2, 0) is 23.5 Å². The van der Waals surface area contributed by atoms with Crippen molar-refractivity contribution >= 4 is 10.0 Å². The van der Waals surface area contributed by atoms with Crippen LogP contribution in [0.25, 0.3) is 0 Å². The molecule has 0 unspecified atom stereocenters. The zero-order valence-corrected chi connectivity index (χ0v) is 11.5. The second kappa shape index (κ2) is 5.02. The Bertz CT molecular complexity index is 675. The normalized spacial score (nSPS) is 11.5. The zero-order valence-electron chi connectivity index (χ0n) is 10.7. The van der Waals surface area contributed by atoms with Gasteiger partial charge >= 0.3 is 0 Å². The quantitative estimate of drug-likeness (QED) is 0.892. The fourth-order valence-electron chi connectivity index (χ4n) is 1.84. The van der Waals surface area contributed by atoms with Gasteiger partial charge in [0.15, 0.2) is 5.03 Å². The average molecular weight is 281 g/mol. The first-order chi connectivity index (χ1) is 8.90. The van der Waals surface area contributed by atoms with E-state index in [9.17, 15) is 8.42 Å². The van der Waals surface area contributed by atoms with Crippen LogP contribution in [0.5, 0.6) is 5.75 Å². The molecule has 0 aliphatic rings. The van der Waals surface area contributed by atoms with E-state index in [1.165, 1.54) is 4.68 Å². The number of rotatable bonds is 4. The van der Waals surface area contributed by atoms with Crippen LogP contribution in [0, 0.1) is 0 Å². The predicted octanol–water partition coefficient (Wildman–Crippen LogP) is 0.667. The molecule has 7 heteroatoms. The molecule has 1 aromatic heterocycles. The molecule has 2 rings (SSSR count). The molecule has 0 saturated heterocycles. The van der Waals surface area contributed by atoms with Crippen molar-refractivity contribution in [2.75, 3.05) is 7.11 Å². The lowest BCUT2D eigenvalue weighted by atomic mass is 10.1. The fraction of sp³-hybridized carbons (Fsp3) is 0.250. The van der Waals surface area contributed by atoms with Gasteiger partial charge in [-0.25, -0.2) is 13.6 Å². The minimum absolute atomic E-state index is 0.0779. The van der Waals surface area contributed by atoms with E-state index in [2.05, 4.69) is 5.10 Å². The molecule has 0 bridgehead atoms. The monoisotopic (exact) mass is 281 g/mol. The van der Waals surface area contributed by atoms with Gasteiger partial charge in [-0.05, 0) is 17.7 Å². The van der Waals surface area contributed by atoms with Gasteiger partial charge < -0.3 is 4.74 Å². The minimum Gasteiger partial charge on any atom is -0.497 e. The van der Waals surface area contributed by atoms with Crippen LogP contribution in [-0.4, -0.2) is 25.3 Å². The zero-order chi connectivity index (χ0) is 14.0. The third-order valence-corrected chi connectivity index (χ3v) is 3.57. The SMILES string of the molecule is COc1ccc(Cc2cn(C)nc2S(N)(=O)=O)cc1. The molecule has 0 fully saturated rings. The molecule has 0 saturated carbocycles. The van der Waals surface area contributed by atoms with Crippen molar-refractivity contribution in [1.29, 1.82) is 0 Å². The minimum atomic E-state index is -3.80. The van der Waals surface area contributed by atoms with Gasteiger partial charge in [0.1, 0.15) is 5.75 Å². The number of sulfonamides is 1. The lowest BCUT2D eigenvalue weighted by molar-refractivity contribution is 0.414. The molecule has 6 nitrogen and oxygen atoms in total. The number of aryl methyl sites for hydroxylation is 1. The van der Waals surface area contributed by atoms with Gasteiger partial charge in [0, 0.05) is 25.2 Å². The van der Waals surface area contributed by atoms with Crippen molar-refractivity contribution < 1.29 is 13.2 Å². The second-order valence-electron chi connectivity index (χ2n) is 4.20. The molecule has 0 atom stereocenters. The number of ether oxygens (including phenoxy) is 1. The van der Waals surface area contributed by atoms with Crippen molar-refractivity contribution in [2.24, 2.45) is 12.2 Å². The van der Waals surface area contributed by atoms with E-state index in [-0.39, 0.29) is 5.03 Å². The summed E-state index contributed by atoms with van der Waals surface area (Å²) in [6.07, 6.45) is 2.10. The number of hydrogen-bond acceptors (Lipinski definition) is 4. The standard InChI is InChI=1S/C12H15N3O3S/c1-15-8-10(12(14-15)19(13,16)17)7-9-3-5-11(18-2)6-4-9/h3-6,8H,7H2,1-2H3,(H2,13,16,17). The Hall–Kier alpha value is -1.86. The highest BCUT2D eigenvalue weighted by atomic mass is 32.2. The summed E-state index contributed by atoms with van der Waals surface area (Å²) in [5, 5.41) is 8.96. The third-order valence-electron chi connectivity index (χ3n) is 2.69. The van der Waals surface area contributed by atoms with E-state index in [0.29, 0.717) is 12.0 Å². The van der Waals surface area contributed by atoms with E-state index < -0.39 is 10.0 Å². The first-order valence-electron chi connectivity index (χ1n) is 5.58. The summed E-state index contributed by atoms with van der Waals surface area (Å²) in [5.74, 6) is 0.751. The summed E-state index contributed by atoms with van der Waals surface area (Å²) >= 11 is 0. The predicted molar refractivity (Wildman–Crippen MR) is 70.4 cm³/mol. The van der Waals surface area contributed by atoms with Gasteiger partial charge in [0.2, 0.25) is 0 Å². The second-order valence-corrected chi connectivity index (χ2v) is 5.68. The summed E-state index contributed by atoms with van der Waals surface area (Å²) < 4.78 is 29.4. The average Bonchev–Trinajstić information content (AvgIpc) is 2.71. The van der Waals surface area contributed by atoms with Crippen molar-refractivity contribution in [2.45, 2.75) is 11.4 Å². The summed E-state index contributed by atoms with van der Waals surface area (Å²) in [4.78, 5) is 0. The van der Waals surface area contributed by atoms with Crippen molar-refractivity contribution in [3.8, 4) is 5.75 Å². The van der Waals surface area contributed by atoms with Crippen molar-refractivity contribution in [3.05, 3.63) is 41.6 Å². The summed E-state index contributed by atoms with van der Waals surface area (Å²) in [7, 11) is -0.551. The van der Waals surface area contributed by atoms with E-state index in [0.717, 1.165) is 11.3 Å². The fourth-order valence-corrected chi connectivity index (χ4v) is 2.57. The molecule has 102 valence electrons. The van der Waals surface area contributed by atoms with Gasteiger partial charge in [-0.15, -0.1) is 0 Å². The topological polar surface area (TPSA) is 87.2 Å². The Balaban J connectivity index is 2.32. The first kappa shape index (κ1) is 13.6. The van der Waals surface area contributed by atoms with E-state index in [4.69, 9.17) is 9.88 Å². The number of aromatic nitrogens is 2. The molecular formula is C12H15N3O3S. The first-order valence-corrected chi connectivity index (χ1v) is 7.13. The Labute approximate surface area is 111 Å². The molecule has 0 amide bonds. The van der Waals surface area contributed by atoms with Gasteiger partial charge in [-0.1, -0.05) is 12.1 Å². The number of benzene rings is 1. The number of nitrogens with two attached hydrogens (primary N) is 1. The summed E-state index contributed by atoms with van der Waals surface area (Å²) in [6.45, 7) is 0. The van der Waals surface area contributed by atoms with Crippen LogP contribution in [0.2, 0.25) is 0 Å². The van der Waals surface area contributed by atoms with Crippen molar-refractivity contribution in [1.82, 2.24) is 9.78 Å². The highest BCUT2D eigenvalue weighted by Gasteiger charge is 2.18. The molecule has 0 spiro atoms. The number of methoxy groups -OCH3 is 1. The maximum Gasteiger partial charge on any atom is 0.257 e. The highest BCUT2D eigenvalue weighted by Crippen LogP contribution is 2.18. The lowest BCUT2D eigenvalue weighted by Gasteiger charge is -2.03. The third kappa shape index (κ3) is 3.12. The van der Waals surface area contributed by atoms with Crippen molar-refractivity contribution in [3.63, 3.8) is 0 Å². The van der Waals surface area contributed by atoms with Gasteiger partial charge in [-0.2, -0.15) is 5.10 Å². The molecule has 0 radical (unpaired) electrons. The molecule has 1 heterocycles. The van der Waals surface area contributed by atoms with E-state index in [1.807, 2.05) is 24.3 Å². The maximum absolute atomic E-state index is 11.4. The van der Waals surface area contributed by atoms with Crippen LogP contribution in [0.15, 0.2) is 35.5 Å². The van der Waals surface area contributed by atoms with Gasteiger partial charge in [-0.3, -0.25) is 4.68 Å². The lowest BCUT2D eigenvalue weighted by Crippen LogP contribution is -2.15. The number of primary sulfonamides is 1. The molecule has 1 aromatic carbocycles. The number of nitrogens with zero attached hydrogens (tertiary/aromatic N) is 2. The maximum atomic E-state index is 11.4.